The molecule has 1 saturated carbocycles. The van der Waals surface area contributed by atoms with Crippen molar-refractivity contribution < 1.29 is 18.7 Å². The highest BCUT2D eigenvalue weighted by atomic mass is 19.1. The first-order chi connectivity index (χ1) is 13.0. The highest BCUT2D eigenvalue weighted by molar-refractivity contribution is 5.98. The Morgan fingerprint density at radius 3 is 2.70 bits per heavy atom. The van der Waals surface area contributed by atoms with Crippen LogP contribution in [0.4, 0.5) is 10.1 Å². The molecule has 142 valence electrons. The van der Waals surface area contributed by atoms with E-state index in [-0.39, 0.29) is 23.5 Å². The number of benzene rings is 2. The van der Waals surface area contributed by atoms with Gasteiger partial charge in [0.2, 0.25) is 5.91 Å². The summed E-state index contributed by atoms with van der Waals surface area (Å²) < 4.78 is 18.8. The molecule has 0 radical (unpaired) electrons. The molecule has 0 spiro atoms. The number of hydrogen-bond donors (Lipinski definition) is 2. The first-order valence-electron chi connectivity index (χ1n) is 9.11. The number of ether oxygens (including phenoxy) is 1. The molecule has 0 heterocycles. The van der Waals surface area contributed by atoms with E-state index in [1.54, 1.807) is 42.5 Å². The Morgan fingerprint density at radius 1 is 1.19 bits per heavy atom. The van der Waals surface area contributed by atoms with Crippen LogP contribution in [-0.4, -0.2) is 25.0 Å². The maximum atomic E-state index is 13.4. The van der Waals surface area contributed by atoms with Gasteiger partial charge in [0.05, 0.1) is 6.61 Å². The number of rotatable bonds is 8. The van der Waals surface area contributed by atoms with Crippen LogP contribution in [0.1, 0.15) is 30.1 Å². The van der Waals surface area contributed by atoms with Crippen LogP contribution in [0, 0.1) is 17.7 Å². The SMILES string of the molecule is CC1CC1C(=O)Nc1cccc(C(=O)NCCCOc2ccccc2F)c1. The van der Waals surface area contributed by atoms with Crippen LogP contribution in [0.5, 0.6) is 5.75 Å². The second-order valence-electron chi connectivity index (χ2n) is 6.78. The molecule has 2 amide bonds. The van der Waals surface area contributed by atoms with E-state index in [2.05, 4.69) is 10.6 Å². The summed E-state index contributed by atoms with van der Waals surface area (Å²) in [6.45, 7) is 2.75. The van der Waals surface area contributed by atoms with Crippen LogP contribution in [0.3, 0.4) is 0 Å². The molecular weight excluding hydrogens is 347 g/mol. The largest absolute Gasteiger partial charge is 0.490 e. The summed E-state index contributed by atoms with van der Waals surface area (Å²) in [6.07, 6.45) is 1.47. The number of anilines is 1. The van der Waals surface area contributed by atoms with E-state index < -0.39 is 5.82 Å². The highest BCUT2D eigenvalue weighted by Gasteiger charge is 2.39. The lowest BCUT2D eigenvalue weighted by atomic mass is 10.2. The Labute approximate surface area is 157 Å². The van der Waals surface area contributed by atoms with Crippen molar-refractivity contribution in [1.29, 1.82) is 0 Å². The lowest BCUT2D eigenvalue weighted by Crippen LogP contribution is -2.25. The van der Waals surface area contributed by atoms with Gasteiger partial charge in [-0.15, -0.1) is 0 Å². The molecule has 27 heavy (non-hydrogen) atoms. The van der Waals surface area contributed by atoms with E-state index in [4.69, 9.17) is 4.74 Å². The van der Waals surface area contributed by atoms with Crippen molar-refractivity contribution >= 4 is 17.5 Å². The zero-order valence-electron chi connectivity index (χ0n) is 15.2. The number of para-hydroxylation sites is 1. The summed E-state index contributed by atoms with van der Waals surface area (Å²) in [5.74, 6) is 0.0976. The topological polar surface area (TPSA) is 67.4 Å². The summed E-state index contributed by atoms with van der Waals surface area (Å²) in [5, 5.41) is 5.65. The predicted molar refractivity (Wildman–Crippen MR) is 101 cm³/mol. The van der Waals surface area contributed by atoms with Crippen LogP contribution in [-0.2, 0) is 4.79 Å². The Bertz CT molecular complexity index is 825. The van der Waals surface area contributed by atoms with Crippen molar-refractivity contribution in [3.8, 4) is 5.75 Å². The van der Waals surface area contributed by atoms with E-state index in [1.807, 2.05) is 6.92 Å². The first kappa shape index (κ1) is 18.9. The third-order valence-electron chi connectivity index (χ3n) is 4.54. The van der Waals surface area contributed by atoms with Crippen LogP contribution in [0.25, 0.3) is 0 Å². The molecule has 1 fully saturated rings. The summed E-state index contributed by atoms with van der Waals surface area (Å²) in [5.41, 5.74) is 1.10. The molecule has 2 aromatic rings. The van der Waals surface area contributed by atoms with Crippen molar-refractivity contribution in [2.75, 3.05) is 18.5 Å². The minimum absolute atomic E-state index is 0.00495. The number of halogens is 1. The maximum Gasteiger partial charge on any atom is 0.251 e. The van der Waals surface area contributed by atoms with Gasteiger partial charge in [-0.1, -0.05) is 25.1 Å². The zero-order valence-corrected chi connectivity index (χ0v) is 15.2. The summed E-state index contributed by atoms with van der Waals surface area (Å²) >= 11 is 0. The molecule has 3 rings (SSSR count). The van der Waals surface area contributed by atoms with Crippen molar-refractivity contribution in [2.45, 2.75) is 19.8 Å². The van der Waals surface area contributed by atoms with Crippen molar-refractivity contribution in [1.82, 2.24) is 5.32 Å². The number of carbonyl (C=O) groups excluding carboxylic acids is 2. The quantitative estimate of drug-likeness (QED) is 0.698. The average Bonchev–Trinajstić information content (AvgIpc) is 3.40. The summed E-state index contributed by atoms with van der Waals surface area (Å²) in [6, 6.07) is 13.1. The van der Waals surface area contributed by atoms with Crippen molar-refractivity contribution in [2.24, 2.45) is 11.8 Å². The minimum Gasteiger partial charge on any atom is -0.490 e. The van der Waals surface area contributed by atoms with Gasteiger partial charge in [-0.3, -0.25) is 9.59 Å². The smallest absolute Gasteiger partial charge is 0.251 e. The second kappa shape index (κ2) is 8.66. The van der Waals surface area contributed by atoms with Crippen LogP contribution in [0.2, 0.25) is 0 Å². The summed E-state index contributed by atoms with van der Waals surface area (Å²) in [7, 11) is 0. The van der Waals surface area contributed by atoms with Gasteiger partial charge < -0.3 is 15.4 Å². The minimum atomic E-state index is -0.402. The fourth-order valence-electron chi connectivity index (χ4n) is 2.78. The molecular formula is C21H23FN2O3. The van der Waals surface area contributed by atoms with E-state index in [0.717, 1.165) is 6.42 Å². The zero-order chi connectivity index (χ0) is 19.2. The Kier molecular flexibility index (Phi) is 6.06. The van der Waals surface area contributed by atoms with Crippen LogP contribution >= 0.6 is 0 Å². The third-order valence-corrected chi connectivity index (χ3v) is 4.54. The average molecular weight is 370 g/mol. The third kappa shape index (κ3) is 5.29. The van der Waals surface area contributed by atoms with E-state index in [0.29, 0.717) is 36.7 Å². The monoisotopic (exact) mass is 370 g/mol. The molecule has 0 aliphatic heterocycles. The molecule has 2 unspecified atom stereocenters. The molecule has 1 aliphatic rings. The number of nitrogens with one attached hydrogen (secondary N) is 2. The maximum absolute atomic E-state index is 13.4. The van der Waals surface area contributed by atoms with Gasteiger partial charge in [-0.05, 0) is 49.1 Å². The van der Waals surface area contributed by atoms with Gasteiger partial charge in [0, 0.05) is 23.7 Å². The molecule has 2 aromatic carbocycles. The Hall–Kier alpha value is -2.89. The van der Waals surface area contributed by atoms with Crippen molar-refractivity contribution in [3.05, 3.63) is 59.9 Å². The van der Waals surface area contributed by atoms with E-state index in [9.17, 15) is 14.0 Å². The standard InChI is InChI=1S/C21H23FN2O3/c1-14-12-17(14)21(26)24-16-7-4-6-15(13-16)20(25)23-10-5-11-27-19-9-3-2-8-18(19)22/h2-4,6-9,13-14,17H,5,10-12H2,1H3,(H,23,25)(H,24,26). The fraction of sp³-hybridized carbons (Fsp3) is 0.333. The van der Waals surface area contributed by atoms with Gasteiger partial charge >= 0.3 is 0 Å². The lowest BCUT2D eigenvalue weighted by Gasteiger charge is -2.09. The van der Waals surface area contributed by atoms with E-state index in [1.165, 1.54) is 6.07 Å². The number of amides is 2. The number of carbonyl (C=O) groups is 2. The van der Waals surface area contributed by atoms with E-state index >= 15 is 0 Å². The molecule has 6 heteroatoms. The van der Waals surface area contributed by atoms with Gasteiger partial charge in [-0.2, -0.15) is 0 Å². The molecule has 0 bridgehead atoms. The predicted octanol–water partition coefficient (Wildman–Crippen LogP) is 3.62. The number of hydrogen-bond acceptors (Lipinski definition) is 3. The molecule has 2 N–H and O–H groups in total. The Morgan fingerprint density at radius 2 is 1.96 bits per heavy atom. The fourth-order valence-corrected chi connectivity index (χ4v) is 2.78. The molecule has 0 saturated heterocycles. The van der Waals surface area contributed by atoms with Gasteiger partial charge in [-0.25, -0.2) is 4.39 Å². The molecule has 2 atom stereocenters. The molecule has 0 aromatic heterocycles. The van der Waals surface area contributed by atoms with Crippen LogP contribution in [0.15, 0.2) is 48.5 Å². The van der Waals surface area contributed by atoms with Gasteiger partial charge in [0.1, 0.15) is 0 Å². The highest BCUT2D eigenvalue weighted by Crippen LogP contribution is 2.38. The molecule has 1 aliphatic carbocycles. The van der Waals surface area contributed by atoms with Gasteiger partial charge in [0.15, 0.2) is 11.6 Å². The van der Waals surface area contributed by atoms with Gasteiger partial charge in [0.25, 0.3) is 5.91 Å². The summed E-state index contributed by atoms with van der Waals surface area (Å²) in [4.78, 5) is 24.2. The lowest BCUT2D eigenvalue weighted by molar-refractivity contribution is -0.117. The normalized spacial score (nSPS) is 17.9. The second-order valence-corrected chi connectivity index (χ2v) is 6.78. The van der Waals surface area contributed by atoms with Crippen molar-refractivity contribution in [3.63, 3.8) is 0 Å². The molecule has 5 nitrogen and oxygen atoms in total. The Balaban J connectivity index is 1.42. The van der Waals surface area contributed by atoms with Crippen LogP contribution < -0.4 is 15.4 Å². The first-order valence-corrected chi connectivity index (χ1v) is 9.11.